The first kappa shape index (κ1) is 19.7. The Morgan fingerprint density at radius 3 is 2.79 bits per heavy atom. The smallest absolute Gasteiger partial charge is 0.257 e. The van der Waals surface area contributed by atoms with Crippen LogP contribution < -0.4 is 11.3 Å². The molecule has 0 radical (unpaired) electrons. The highest BCUT2D eigenvalue weighted by Gasteiger charge is 2.27. The fourth-order valence-electron chi connectivity index (χ4n) is 3.46. The van der Waals surface area contributed by atoms with Gasteiger partial charge in [0.2, 0.25) is 0 Å². The predicted molar refractivity (Wildman–Crippen MR) is 108 cm³/mol. The Bertz CT molecular complexity index is 1100. The number of aliphatic hydroxyl groups excluding tert-OH is 1. The molecule has 4 rings (SSSR count). The highest BCUT2D eigenvalue weighted by molar-refractivity contribution is 5.93. The van der Waals surface area contributed by atoms with E-state index in [2.05, 4.69) is 4.98 Å². The van der Waals surface area contributed by atoms with Crippen molar-refractivity contribution < 1.29 is 14.6 Å². The average Bonchev–Trinajstić information content (AvgIpc) is 3.08. The van der Waals surface area contributed by atoms with Crippen molar-refractivity contribution in [1.82, 2.24) is 9.55 Å². The Morgan fingerprint density at radius 2 is 2.11 bits per heavy atom. The first-order chi connectivity index (χ1) is 13.5. The summed E-state index contributed by atoms with van der Waals surface area (Å²) in [5.74, 6) is 0. The number of anilines is 1. The van der Waals surface area contributed by atoms with Crippen LogP contribution in [0, 0.1) is 0 Å². The van der Waals surface area contributed by atoms with Gasteiger partial charge in [-0.25, -0.2) is 4.98 Å². The fraction of sp³-hybridized carbons (Fsp3) is 0.286. The van der Waals surface area contributed by atoms with E-state index in [-0.39, 0.29) is 23.3 Å². The van der Waals surface area contributed by atoms with Crippen molar-refractivity contribution in [3.05, 3.63) is 57.4 Å². The Balaban J connectivity index is 0.00000109. The number of aldehydes is 1. The molecule has 0 amide bonds. The molecular weight excluding hydrogens is 358 g/mol. The number of aliphatic hydroxyl groups is 1. The highest BCUT2D eigenvalue weighted by Crippen LogP contribution is 2.34. The Hall–Kier alpha value is -3.03. The molecule has 1 unspecified atom stereocenters. The lowest BCUT2D eigenvalue weighted by Gasteiger charge is -2.14. The summed E-state index contributed by atoms with van der Waals surface area (Å²) < 4.78 is 6.67. The van der Waals surface area contributed by atoms with Crippen LogP contribution in [0.3, 0.4) is 0 Å². The van der Waals surface area contributed by atoms with Crippen LogP contribution in [-0.2, 0) is 22.7 Å². The van der Waals surface area contributed by atoms with Crippen LogP contribution in [0.2, 0.25) is 0 Å². The van der Waals surface area contributed by atoms with Gasteiger partial charge in [-0.15, -0.1) is 0 Å². The van der Waals surface area contributed by atoms with Crippen LogP contribution in [0.5, 0.6) is 0 Å². The van der Waals surface area contributed by atoms with E-state index in [0.717, 1.165) is 16.5 Å². The summed E-state index contributed by atoms with van der Waals surface area (Å²) in [5, 5.41) is 10.9. The molecule has 7 nitrogen and oxygen atoms in total. The van der Waals surface area contributed by atoms with E-state index in [1.165, 1.54) is 7.11 Å². The normalized spacial score (nSPS) is 12.7. The van der Waals surface area contributed by atoms with Gasteiger partial charge >= 0.3 is 0 Å². The minimum Gasteiger partial charge on any atom is -0.398 e. The molecule has 3 N–H and O–H groups in total. The van der Waals surface area contributed by atoms with Crippen molar-refractivity contribution in [3.8, 4) is 11.4 Å². The van der Waals surface area contributed by atoms with Crippen LogP contribution in [0.15, 0.2) is 35.1 Å². The summed E-state index contributed by atoms with van der Waals surface area (Å²) in [6, 6.07) is 9.06. The predicted octanol–water partition coefficient (Wildman–Crippen LogP) is 2.41. The molecule has 0 fully saturated rings. The van der Waals surface area contributed by atoms with E-state index in [1.807, 2.05) is 32.0 Å². The van der Waals surface area contributed by atoms with E-state index < -0.39 is 6.10 Å². The number of pyridine rings is 2. The minimum absolute atomic E-state index is 0.0119. The van der Waals surface area contributed by atoms with Gasteiger partial charge in [0.25, 0.3) is 5.56 Å². The number of fused-ring (bicyclic) bond motifs is 4. The van der Waals surface area contributed by atoms with E-state index in [1.54, 1.807) is 16.7 Å². The molecule has 2 aromatic heterocycles. The lowest BCUT2D eigenvalue weighted by Crippen LogP contribution is -2.26. The summed E-state index contributed by atoms with van der Waals surface area (Å²) in [4.78, 5) is 28.7. The second-order valence-corrected chi connectivity index (χ2v) is 6.28. The van der Waals surface area contributed by atoms with Gasteiger partial charge < -0.3 is 24.9 Å². The molecule has 0 saturated carbocycles. The molecule has 0 saturated heterocycles. The molecule has 7 heteroatoms. The molecule has 0 spiro atoms. The van der Waals surface area contributed by atoms with Crippen molar-refractivity contribution in [2.24, 2.45) is 0 Å². The SMILES string of the molecule is CC.COCc1c(C(O)C=O)cc2n(c1=O)Cc1cc3c(N)cccc3nc1-2. The van der Waals surface area contributed by atoms with E-state index in [9.17, 15) is 14.7 Å². The van der Waals surface area contributed by atoms with Crippen molar-refractivity contribution in [2.75, 3.05) is 12.8 Å². The summed E-state index contributed by atoms with van der Waals surface area (Å²) in [6.45, 7) is 4.37. The number of carbonyl (C=O) groups excluding carboxylic acids is 1. The number of carbonyl (C=O) groups is 1. The Kier molecular flexibility index (Phi) is 5.58. The van der Waals surface area contributed by atoms with E-state index in [0.29, 0.717) is 29.9 Å². The first-order valence-electron chi connectivity index (χ1n) is 9.12. The average molecular weight is 381 g/mol. The van der Waals surface area contributed by atoms with Crippen molar-refractivity contribution in [2.45, 2.75) is 33.1 Å². The van der Waals surface area contributed by atoms with Gasteiger partial charge in [-0.05, 0) is 24.3 Å². The third-order valence-corrected chi connectivity index (χ3v) is 4.71. The number of benzene rings is 1. The maximum atomic E-state index is 12.9. The number of hydrogen-bond acceptors (Lipinski definition) is 6. The second-order valence-electron chi connectivity index (χ2n) is 6.28. The molecule has 0 bridgehead atoms. The summed E-state index contributed by atoms with van der Waals surface area (Å²) in [7, 11) is 1.46. The number of nitrogens with two attached hydrogens (primary N) is 1. The fourth-order valence-corrected chi connectivity index (χ4v) is 3.46. The molecule has 146 valence electrons. The number of hydrogen-bond donors (Lipinski definition) is 2. The number of methoxy groups -OCH3 is 1. The van der Waals surface area contributed by atoms with Gasteiger partial charge in [0.05, 0.1) is 30.1 Å². The van der Waals surface area contributed by atoms with Gasteiger partial charge in [0, 0.05) is 34.9 Å². The molecule has 3 aromatic rings. The lowest BCUT2D eigenvalue weighted by atomic mass is 10.0. The van der Waals surface area contributed by atoms with Gasteiger partial charge in [-0.3, -0.25) is 4.79 Å². The molecule has 1 aliphatic heterocycles. The zero-order valence-corrected chi connectivity index (χ0v) is 16.1. The van der Waals surface area contributed by atoms with Crippen LogP contribution in [0.25, 0.3) is 22.3 Å². The van der Waals surface area contributed by atoms with Crippen LogP contribution in [-0.4, -0.2) is 28.1 Å². The molecule has 1 aliphatic rings. The third-order valence-electron chi connectivity index (χ3n) is 4.71. The molecule has 3 heterocycles. The van der Waals surface area contributed by atoms with Crippen LogP contribution in [0.4, 0.5) is 5.69 Å². The van der Waals surface area contributed by atoms with E-state index >= 15 is 0 Å². The maximum absolute atomic E-state index is 12.9. The summed E-state index contributed by atoms with van der Waals surface area (Å²) in [6.07, 6.45) is -0.992. The largest absolute Gasteiger partial charge is 0.398 e. The molecule has 0 aliphatic carbocycles. The standard InChI is InChI=1S/C19H17N3O4.C2H6/c1-26-9-13-11(17(24)8-23)6-16-18-10(7-22(16)19(13)25)5-12-14(20)3-2-4-15(12)21-18;1-2/h2-6,8,17,24H,7,9,20H2,1H3;1-2H3. The van der Waals surface area contributed by atoms with Gasteiger partial charge in [0.1, 0.15) is 6.10 Å². The van der Waals surface area contributed by atoms with E-state index in [4.69, 9.17) is 10.5 Å². The number of nitrogen functional groups attached to an aromatic ring is 1. The lowest BCUT2D eigenvalue weighted by molar-refractivity contribution is -0.115. The van der Waals surface area contributed by atoms with Crippen LogP contribution in [0.1, 0.15) is 36.6 Å². The number of aromatic nitrogens is 2. The molecular formula is C21H23N3O4. The third kappa shape index (κ3) is 3.08. The van der Waals surface area contributed by atoms with Gasteiger partial charge in [-0.2, -0.15) is 0 Å². The number of ether oxygens (including phenoxy) is 1. The summed E-state index contributed by atoms with van der Waals surface area (Å²) in [5.41, 5.74) is 9.71. The minimum atomic E-state index is -1.39. The monoisotopic (exact) mass is 381 g/mol. The molecule has 1 aromatic carbocycles. The maximum Gasteiger partial charge on any atom is 0.257 e. The zero-order chi connectivity index (χ0) is 20.4. The van der Waals surface area contributed by atoms with Crippen molar-refractivity contribution in [3.63, 3.8) is 0 Å². The second kappa shape index (κ2) is 7.92. The van der Waals surface area contributed by atoms with Crippen LogP contribution >= 0.6 is 0 Å². The highest BCUT2D eigenvalue weighted by atomic mass is 16.5. The Morgan fingerprint density at radius 1 is 1.36 bits per heavy atom. The quantitative estimate of drug-likeness (QED) is 0.415. The number of rotatable bonds is 4. The zero-order valence-electron chi connectivity index (χ0n) is 16.1. The van der Waals surface area contributed by atoms with Crippen molar-refractivity contribution in [1.29, 1.82) is 0 Å². The number of nitrogens with zero attached hydrogens (tertiary/aromatic N) is 2. The van der Waals surface area contributed by atoms with Gasteiger partial charge in [-0.1, -0.05) is 19.9 Å². The molecule has 1 atom stereocenters. The Labute approximate surface area is 162 Å². The van der Waals surface area contributed by atoms with Gasteiger partial charge in [0.15, 0.2) is 6.29 Å². The molecule has 28 heavy (non-hydrogen) atoms. The first-order valence-corrected chi connectivity index (χ1v) is 9.12. The summed E-state index contributed by atoms with van der Waals surface area (Å²) >= 11 is 0. The van der Waals surface area contributed by atoms with Crippen molar-refractivity contribution >= 4 is 22.9 Å². The topological polar surface area (TPSA) is 107 Å².